The van der Waals surface area contributed by atoms with Gasteiger partial charge < -0.3 is 10.2 Å². The molecule has 17 heavy (non-hydrogen) atoms. The predicted octanol–water partition coefficient (Wildman–Crippen LogP) is 2.06. The summed E-state index contributed by atoms with van der Waals surface area (Å²) in [6.07, 6.45) is 3.99. The first-order valence-corrected chi connectivity index (χ1v) is 6.41. The Morgan fingerprint density at radius 1 is 1.47 bits per heavy atom. The lowest BCUT2D eigenvalue weighted by Crippen LogP contribution is -2.44. The van der Waals surface area contributed by atoms with Crippen LogP contribution in [0.1, 0.15) is 12.8 Å². The number of aromatic nitrogens is 1. The summed E-state index contributed by atoms with van der Waals surface area (Å²) < 4.78 is 13.4. The summed E-state index contributed by atoms with van der Waals surface area (Å²) in [5, 5.41) is 3.46. The molecule has 2 aliphatic heterocycles. The van der Waals surface area contributed by atoms with Gasteiger partial charge in [-0.1, -0.05) is 11.6 Å². The molecule has 1 N–H and O–H groups in total. The molecular formula is C12H15ClFN3. The highest BCUT2D eigenvalue weighted by Crippen LogP contribution is 2.28. The Morgan fingerprint density at radius 2 is 2.35 bits per heavy atom. The van der Waals surface area contributed by atoms with E-state index in [9.17, 15) is 4.39 Å². The molecule has 92 valence electrons. The van der Waals surface area contributed by atoms with E-state index in [-0.39, 0.29) is 5.15 Å². The third-order valence-corrected chi connectivity index (χ3v) is 4.08. The Hall–Kier alpha value is -0.870. The van der Waals surface area contributed by atoms with Gasteiger partial charge in [-0.15, -0.1) is 0 Å². The molecule has 0 bridgehead atoms. The normalized spacial score (nSPS) is 28.2. The van der Waals surface area contributed by atoms with E-state index >= 15 is 0 Å². The summed E-state index contributed by atoms with van der Waals surface area (Å²) in [7, 11) is 0. The van der Waals surface area contributed by atoms with E-state index in [2.05, 4.69) is 15.2 Å². The van der Waals surface area contributed by atoms with E-state index < -0.39 is 5.82 Å². The van der Waals surface area contributed by atoms with Gasteiger partial charge in [0.05, 0.1) is 11.9 Å². The molecule has 3 nitrogen and oxygen atoms in total. The molecule has 3 rings (SSSR count). The SMILES string of the molecule is Fc1cc(N2CC[C@H]3NCC[C@H]3C2)cnc1Cl. The van der Waals surface area contributed by atoms with E-state index in [1.807, 2.05) is 0 Å². The van der Waals surface area contributed by atoms with Crippen LogP contribution in [0.5, 0.6) is 0 Å². The van der Waals surface area contributed by atoms with Crippen LogP contribution in [0.2, 0.25) is 5.15 Å². The third-order valence-electron chi connectivity index (χ3n) is 3.80. The highest BCUT2D eigenvalue weighted by atomic mass is 35.5. The zero-order chi connectivity index (χ0) is 11.8. The van der Waals surface area contributed by atoms with Crippen molar-refractivity contribution in [1.82, 2.24) is 10.3 Å². The van der Waals surface area contributed by atoms with Crippen LogP contribution >= 0.6 is 11.6 Å². The van der Waals surface area contributed by atoms with Gasteiger partial charge in [0.25, 0.3) is 0 Å². The molecule has 0 aliphatic carbocycles. The smallest absolute Gasteiger partial charge is 0.164 e. The summed E-state index contributed by atoms with van der Waals surface area (Å²) in [5.41, 5.74) is 0.845. The Bertz CT molecular complexity index is 426. The van der Waals surface area contributed by atoms with Gasteiger partial charge in [0.1, 0.15) is 0 Å². The van der Waals surface area contributed by atoms with Crippen LogP contribution in [0.25, 0.3) is 0 Å². The van der Waals surface area contributed by atoms with Gasteiger partial charge in [-0.25, -0.2) is 9.37 Å². The van der Waals surface area contributed by atoms with E-state index in [1.54, 1.807) is 6.20 Å². The first-order chi connectivity index (χ1) is 8.24. The van der Waals surface area contributed by atoms with Crippen LogP contribution in [0.4, 0.5) is 10.1 Å². The van der Waals surface area contributed by atoms with E-state index in [0.29, 0.717) is 12.0 Å². The van der Waals surface area contributed by atoms with Gasteiger partial charge in [-0.2, -0.15) is 0 Å². The van der Waals surface area contributed by atoms with Crippen LogP contribution in [0.15, 0.2) is 12.3 Å². The second-order valence-electron chi connectivity index (χ2n) is 4.81. The second-order valence-corrected chi connectivity index (χ2v) is 5.17. The van der Waals surface area contributed by atoms with Crippen LogP contribution < -0.4 is 10.2 Å². The van der Waals surface area contributed by atoms with Crippen LogP contribution in [-0.2, 0) is 0 Å². The summed E-state index contributed by atoms with van der Waals surface area (Å²) in [5.74, 6) is 0.248. The van der Waals surface area contributed by atoms with Gasteiger partial charge in [0.15, 0.2) is 11.0 Å². The average molecular weight is 256 g/mol. The fraction of sp³-hybridized carbons (Fsp3) is 0.583. The number of piperidine rings is 1. The molecule has 1 aromatic rings. The molecule has 0 aromatic carbocycles. The van der Waals surface area contributed by atoms with Crippen molar-refractivity contribution in [3.05, 3.63) is 23.2 Å². The first kappa shape index (κ1) is 11.2. The highest BCUT2D eigenvalue weighted by molar-refractivity contribution is 6.29. The number of pyridine rings is 1. The maximum atomic E-state index is 13.4. The van der Waals surface area contributed by atoms with Gasteiger partial charge in [0.2, 0.25) is 0 Å². The molecule has 0 spiro atoms. The second kappa shape index (κ2) is 4.42. The minimum atomic E-state index is -0.434. The highest BCUT2D eigenvalue weighted by Gasteiger charge is 2.32. The number of halogens is 2. The van der Waals surface area contributed by atoms with E-state index in [4.69, 9.17) is 11.6 Å². The zero-order valence-electron chi connectivity index (χ0n) is 9.50. The van der Waals surface area contributed by atoms with Gasteiger partial charge in [0, 0.05) is 25.2 Å². The number of nitrogens with one attached hydrogen (secondary N) is 1. The van der Waals surface area contributed by atoms with Crippen molar-refractivity contribution < 1.29 is 4.39 Å². The Morgan fingerprint density at radius 3 is 3.18 bits per heavy atom. The minimum Gasteiger partial charge on any atom is -0.370 e. The molecule has 3 heterocycles. The van der Waals surface area contributed by atoms with Crippen molar-refractivity contribution in [2.45, 2.75) is 18.9 Å². The van der Waals surface area contributed by atoms with Gasteiger partial charge in [-0.3, -0.25) is 0 Å². The van der Waals surface area contributed by atoms with Gasteiger partial charge in [-0.05, 0) is 25.3 Å². The fourth-order valence-electron chi connectivity index (χ4n) is 2.87. The largest absolute Gasteiger partial charge is 0.370 e. The molecular weight excluding hydrogens is 241 g/mol. The molecule has 1 aromatic heterocycles. The molecule has 0 saturated carbocycles. The van der Waals surface area contributed by atoms with Crippen molar-refractivity contribution in [2.24, 2.45) is 5.92 Å². The number of anilines is 1. The van der Waals surface area contributed by atoms with Crippen molar-refractivity contribution in [1.29, 1.82) is 0 Å². The predicted molar refractivity (Wildman–Crippen MR) is 65.9 cm³/mol. The molecule has 2 saturated heterocycles. The van der Waals surface area contributed by atoms with Gasteiger partial charge >= 0.3 is 0 Å². The van der Waals surface area contributed by atoms with Crippen molar-refractivity contribution in [3.63, 3.8) is 0 Å². The third kappa shape index (κ3) is 2.11. The van der Waals surface area contributed by atoms with Crippen molar-refractivity contribution in [2.75, 3.05) is 24.5 Å². The van der Waals surface area contributed by atoms with E-state index in [0.717, 1.165) is 31.7 Å². The van der Waals surface area contributed by atoms with Crippen LogP contribution in [0.3, 0.4) is 0 Å². The average Bonchev–Trinajstić information content (AvgIpc) is 2.79. The number of fused-ring (bicyclic) bond motifs is 1. The molecule has 0 amide bonds. The number of hydrogen-bond acceptors (Lipinski definition) is 3. The number of hydrogen-bond donors (Lipinski definition) is 1. The molecule has 0 unspecified atom stereocenters. The molecule has 2 atom stereocenters. The lowest BCUT2D eigenvalue weighted by atomic mass is 9.93. The fourth-order valence-corrected chi connectivity index (χ4v) is 2.97. The summed E-state index contributed by atoms with van der Waals surface area (Å²) in [6.45, 7) is 3.05. The molecule has 0 radical (unpaired) electrons. The Balaban J connectivity index is 1.78. The van der Waals surface area contributed by atoms with Crippen molar-refractivity contribution >= 4 is 17.3 Å². The Kier molecular flexibility index (Phi) is 2.92. The standard InChI is InChI=1S/C12H15ClFN3/c13-12-10(14)5-9(6-16-12)17-4-2-11-8(7-17)1-3-15-11/h5-6,8,11,15H,1-4,7H2/t8-,11+/m0/s1. The first-order valence-electron chi connectivity index (χ1n) is 6.03. The molecule has 2 aliphatic rings. The minimum absolute atomic E-state index is 0.0498. The summed E-state index contributed by atoms with van der Waals surface area (Å²) in [4.78, 5) is 6.08. The summed E-state index contributed by atoms with van der Waals surface area (Å²) in [6, 6.07) is 2.13. The number of nitrogens with zero attached hydrogens (tertiary/aromatic N) is 2. The topological polar surface area (TPSA) is 28.2 Å². The monoisotopic (exact) mass is 255 g/mol. The number of rotatable bonds is 1. The molecule has 2 fully saturated rings. The zero-order valence-corrected chi connectivity index (χ0v) is 10.3. The van der Waals surface area contributed by atoms with Crippen molar-refractivity contribution in [3.8, 4) is 0 Å². The summed E-state index contributed by atoms with van der Waals surface area (Å²) >= 11 is 5.59. The molecule has 5 heteroatoms. The van der Waals surface area contributed by atoms with Crippen LogP contribution in [-0.4, -0.2) is 30.7 Å². The van der Waals surface area contributed by atoms with Crippen LogP contribution in [0, 0.1) is 11.7 Å². The maximum Gasteiger partial charge on any atom is 0.164 e. The lowest BCUT2D eigenvalue weighted by Gasteiger charge is -2.36. The quantitative estimate of drug-likeness (QED) is 0.779. The Labute approximate surface area is 105 Å². The maximum absolute atomic E-state index is 13.4. The lowest BCUT2D eigenvalue weighted by molar-refractivity contribution is 0.376. The van der Waals surface area contributed by atoms with E-state index in [1.165, 1.54) is 12.5 Å².